The molecule has 0 saturated heterocycles. The van der Waals surface area contributed by atoms with Crippen molar-refractivity contribution < 1.29 is 9.59 Å². The third kappa shape index (κ3) is 4.84. The fourth-order valence-corrected chi connectivity index (χ4v) is 3.26. The second-order valence-electron chi connectivity index (χ2n) is 6.07. The number of anilines is 2. The highest BCUT2D eigenvalue weighted by Gasteiger charge is 2.12. The lowest BCUT2D eigenvalue weighted by molar-refractivity contribution is 0.102. The van der Waals surface area contributed by atoms with E-state index in [0.29, 0.717) is 32.5 Å². The summed E-state index contributed by atoms with van der Waals surface area (Å²) in [4.78, 5) is 24.8. The van der Waals surface area contributed by atoms with Crippen molar-refractivity contribution in [3.05, 3.63) is 92.4 Å². The number of halogens is 3. The molecule has 0 unspecified atom stereocenters. The van der Waals surface area contributed by atoms with Gasteiger partial charge in [-0.25, -0.2) is 0 Å². The average molecular weight is 434 g/mol. The Morgan fingerprint density at radius 3 is 2.04 bits per heavy atom. The minimum atomic E-state index is -0.365. The van der Waals surface area contributed by atoms with Crippen LogP contribution >= 0.6 is 34.8 Å². The molecule has 142 valence electrons. The molecule has 3 aromatic rings. The van der Waals surface area contributed by atoms with Crippen LogP contribution in [0, 0.1) is 6.92 Å². The van der Waals surface area contributed by atoms with Crippen LogP contribution in [0.4, 0.5) is 11.4 Å². The zero-order valence-corrected chi connectivity index (χ0v) is 17.0. The van der Waals surface area contributed by atoms with Gasteiger partial charge in [-0.15, -0.1) is 0 Å². The second kappa shape index (κ2) is 8.65. The third-order valence-corrected chi connectivity index (χ3v) is 4.80. The van der Waals surface area contributed by atoms with Crippen molar-refractivity contribution >= 4 is 58.0 Å². The fraction of sp³-hybridized carbons (Fsp3) is 0.0476. The number of rotatable bonds is 4. The zero-order valence-electron chi connectivity index (χ0n) is 14.7. The molecule has 0 bridgehead atoms. The Hall–Kier alpha value is -2.53. The second-order valence-corrected chi connectivity index (χ2v) is 7.35. The highest BCUT2D eigenvalue weighted by Crippen LogP contribution is 2.23. The molecule has 4 nitrogen and oxygen atoms in total. The normalized spacial score (nSPS) is 10.4. The molecule has 3 rings (SSSR count). The number of hydrogen-bond acceptors (Lipinski definition) is 2. The summed E-state index contributed by atoms with van der Waals surface area (Å²) >= 11 is 17.8. The lowest BCUT2D eigenvalue weighted by Crippen LogP contribution is -2.14. The van der Waals surface area contributed by atoms with E-state index in [1.165, 1.54) is 6.07 Å². The molecule has 0 aliphatic heterocycles. The first-order valence-corrected chi connectivity index (χ1v) is 9.41. The van der Waals surface area contributed by atoms with E-state index in [9.17, 15) is 9.59 Å². The molecule has 0 aliphatic rings. The average Bonchev–Trinajstić information content (AvgIpc) is 2.64. The Labute approximate surface area is 177 Å². The summed E-state index contributed by atoms with van der Waals surface area (Å²) in [5.41, 5.74) is 2.85. The van der Waals surface area contributed by atoms with Crippen molar-refractivity contribution in [2.45, 2.75) is 6.92 Å². The molecule has 2 amide bonds. The van der Waals surface area contributed by atoms with Gasteiger partial charge in [-0.1, -0.05) is 34.8 Å². The van der Waals surface area contributed by atoms with E-state index < -0.39 is 0 Å². The number of carbonyl (C=O) groups is 2. The summed E-state index contributed by atoms with van der Waals surface area (Å²) in [5, 5.41) is 6.90. The maximum atomic E-state index is 12.4. The molecule has 0 aromatic heterocycles. The van der Waals surface area contributed by atoms with E-state index >= 15 is 0 Å². The van der Waals surface area contributed by atoms with Gasteiger partial charge in [0, 0.05) is 27.0 Å². The van der Waals surface area contributed by atoms with Crippen molar-refractivity contribution in [1.82, 2.24) is 0 Å². The number of carbonyl (C=O) groups excluding carboxylic acids is 2. The summed E-state index contributed by atoms with van der Waals surface area (Å²) in [6.45, 7) is 1.86. The van der Waals surface area contributed by atoms with Crippen molar-refractivity contribution in [2.75, 3.05) is 10.6 Å². The predicted molar refractivity (Wildman–Crippen MR) is 115 cm³/mol. The monoisotopic (exact) mass is 432 g/mol. The van der Waals surface area contributed by atoms with Crippen LogP contribution < -0.4 is 10.6 Å². The van der Waals surface area contributed by atoms with E-state index in [1.54, 1.807) is 54.6 Å². The van der Waals surface area contributed by atoms with Crippen LogP contribution in [0.1, 0.15) is 26.3 Å². The van der Waals surface area contributed by atoms with Gasteiger partial charge in [0.2, 0.25) is 0 Å². The van der Waals surface area contributed by atoms with Crippen LogP contribution in [-0.2, 0) is 0 Å². The van der Waals surface area contributed by atoms with Gasteiger partial charge in [0.25, 0.3) is 11.8 Å². The minimum absolute atomic E-state index is 0.260. The minimum Gasteiger partial charge on any atom is -0.322 e. The van der Waals surface area contributed by atoms with E-state index in [2.05, 4.69) is 10.6 Å². The summed E-state index contributed by atoms with van der Waals surface area (Å²) < 4.78 is 0. The summed E-state index contributed by atoms with van der Waals surface area (Å²) in [6.07, 6.45) is 0. The molecular formula is C21H15Cl3N2O2. The fourth-order valence-electron chi connectivity index (χ4n) is 2.54. The largest absolute Gasteiger partial charge is 0.322 e. The number of amides is 2. The first-order chi connectivity index (χ1) is 13.3. The highest BCUT2D eigenvalue weighted by atomic mass is 35.5. The SMILES string of the molecule is Cc1cc(Cl)ccc1NC(=O)c1ccc(NC(=O)c2ccc(Cl)cc2Cl)cc1. The van der Waals surface area contributed by atoms with Crippen LogP contribution in [-0.4, -0.2) is 11.8 Å². The van der Waals surface area contributed by atoms with Gasteiger partial charge in [0.15, 0.2) is 0 Å². The van der Waals surface area contributed by atoms with Crippen molar-refractivity contribution in [3.8, 4) is 0 Å². The Kier molecular flexibility index (Phi) is 6.25. The summed E-state index contributed by atoms with van der Waals surface area (Å²) in [6, 6.07) is 16.4. The number of benzene rings is 3. The van der Waals surface area contributed by atoms with Gasteiger partial charge < -0.3 is 10.6 Å². The van der Waals surface area contributed by atoms with Gasteiger partial charge in [0.1, 0.15) is 0 Å². The molecule has 0 atom stereocenters. The quantitative estimate of drug-likeness (QED) is 0.496. The van der Waals surface area contributed by atoms with Crippen molar-refractivity contribution in [3.63, 3.8) is 0 Å². The Balaban J connectivity index is 1.69. The lowest BCUT2D eigenvalue weighted by atomic mass is 10.1. The Bertz CT molecular complexity index is 1050. The predicted octanol–water partition coefficient (Wildman–Crippen LogP) is 6.46. The molecule has 0 spiro atoms. The van der Waals surface area contributed by atoms with Gasteiger partial charge >= 0.3 is 0 Å². The first kappa shape index (κ1) is 20.2. The Morgan fingerprint density at radius 1 is 0.750 bits per heavy atom. The Morgan fingerprint density at radius 2 is 1.39 bits per heavy atom. The molecular weight excluding hydrogens is 419 g/mol. The summed E-state index contributed by atoms with van der Waals surface area (Å²) in [7, 11) is 0. The lowest BCUT2D eigenvalue weighted by Gasteiger charge is -2.10. The maximum absolute atomic E-state index is 12.4. The third-order valence-electron chi connectivity index (χ3n) is 4.02. The topological polar surface area (TPSA) is 58.2 Å². The molecule has 3 aromatic carbocycles. The van der Waals surface area contributed by atoms with E-state index in [1.807, 2.05) is 6.92 Å². The molecule has 2 N–H and O–H groups in total. The molecule has 0 saturated carbocycles. The van der Waals surface area contributed by atoms with Crippen LogP contribution in [0.2, 0.25) is 15.1 Å². The number of hydrogen-bond donors (Lipinski definition) is 2. The summed E-state index contributed by atoms with van der Waals surface area (Å²) in [5.74, 6) is -0.625. The standard InChI is InChI=1S/C21H15Cl3N2O2/c1-12-10-14(22)5-9-19(12)26-20(27)13-2-6-16(7-3-13)25-21(28)17-8-4-15(23)11-18(17)24/h2-11H,1H3,(H,25,28)(H,26,27). The van der Waals surface area contributed by atoms with E-state index in [4.69, 9.17) is 34.8 Å². The molecule has 0 heterocycles. The first-order valence-electron chi connectivity index (χ1n) is 8.27. The maximum Gasteiger partial charge on any atom is 0.257 e. The van der Waals surface area contributed by atoms with Gasteiger partial charge in [-0.2, -0.15) is 0 Å². The zero-order chi connectivity index (χ0) is 20.3. The molecule has 0 aliphatic carbocycles. The highest BCUT2D eigenvalue weighted by molar-refractivity contribution is 6.37. The molecule has 28 heavy (non-hydrogen) atoms. The van der Waals surface area contributed by atoms with Crippen LogP contribution in [0.15, 0.2) is 60.7 Å². The molecule has 7 heteroatoms. The van der Waals surface area contributed by atoms with Crippen molar-refractivity contribution in [2.24, 2.45) is 0 Å². The number of aryl methyl sites for hydroxylation is 1. The van der Waals surface area contributed by atoms with Gasteiger partial charge in [0.05, 0.1) is 10.6 Å². The van der Waals surface area contributed by atoms with Crippen molar-refractivity contribution in [1.29, 1.82) is 0 Å². The van der Waals surface area contributed by atoms with Crippen LogP contribution in [0.5, 0.6) is 0 Å². The molecule has 0 fully saturated rings. The smallest absolute Gasteiger partial charge is 0.257 e. The van der Waals surface area contributed by atoms with Crippen LogP contribution in [0.25, 0.3) is 0 Å². The number of nitrogens with one attached hydrogen (secondary N) is 2. The van der Waals surface area contributed by atoms with Gasteiger partial charge in [-0.05, 0) is 73.2 Å². The van der Waals surface area contributed by atoms with Gasteiger partial charge in [-0.3, -0.25) is 9.59 Å². The van der Waals surface area contributed by atoms with Crippen LogP contribution in [0.3, 0.4) is 0 Å². The van der Waals surface area contributed by atoms with E-state index in [0.717, 1.165) is 5.56 Å². The molecule has 0 radical (unpaired) electrons. The van der Waals surface area contributed by atoms with E-state index in [-0.39, 0.29) is 16.8 Å².